The second-order valence-corrected chi connectivity index (χ2v) is 5.77. The Morgan fingerprint density at radius 1 is 1.52 bits per heavy atom. The maximum absolute atomic E-state index is 13.7. The number of nitrogens with one attached hydrogen (secondary N) is 1. The van der Waals surface area contributed by atoms with Crippen LogP contribution in [0.2, 0.25) is 0 Å². The number of aromatic nitrogens is 2. The van der Waals surface area contributed by atoms with Gasteiger partial charge in [0.1, 0.15) is 11.3 Å². The van der Waals surface area contributed by atoms with E-state index in [9.17, 15) is 9.18 Å². The molecule has 3 N–H and O–H groups in total. The molecular weight excluding hydrogens is 271 g/mol. The maximum atomic E-state index is 13.7. The lowest BCUT2D eigenvalue weighted by Crippen LogP contribution is -2.45. The normalized spacial score (nSPS) is 23.5. The first kappa shape index (κ1) is 14.0. The summed E-state index contributed by atoms with van der Waals surface area (Å²) < 4.78 is 13.7. The Bertz CT molecular complexity index is 669. The molecule has 3 rings (SSSR count). The van der Waals surface area contributed by atoms with Crippen molar-refractivity contribution in [1.82, 2.24) is 14.9 Å². The van der Waals surface area contributed by atoms with E-state index in [1.54, 1.807) is 12.1 Å². The number of imidazole rings is 1. The predicted molar refractivity (Wildman–Crippen MR) is 77.8 cm³/mol. The van der Waals surface area contributed by atoms with Crippen LogP contribution in [-0.2, 0) is 11.3 Å². The summed E-state index contributed by atoms with van der Waals surface area (Å²) in [5.74, 6) is 0.0358. The zero-order valence-corrected chi connectivity index (χ0v) is 12.0. The Morgan fingerprint density at radius 3 is 3.05 bits per heavy atom. The third-order valence-electron chi connectivity index (χ3n) is 4.28. The van der Waals surface area contributed by atoms with Gasteiger partial charge in [-0.3, -0.25) is 9.69 Å². The molecule has 1 aromatic carbocycles. The molecule has 1 aliphatic heterocycles. The fourth-order valence-corrected chi connectivity index (χ4v) is 2.95. The van der Waals surface area contributed by atoms with Gasteiger partial charge in [0.25, 0.3) is 0 Å². The Morgan fingerprint density at radius 2 is 2.33 bits per heavy atom. The molecule has 2 aromatic rings. The third kappa shape index (κ3) is 2.76. The van der Waals surface area contributed by atoms with Crippen molar-refractivity contribution in [1.29, 1.82) is 0 Å². The van der Waals surface area contributed by atoms with Gasteiger partial charge in [0.2, 0.25) is 5.91 Å². The number of nitrogens with two attached hydrogens (primary N) is 1. The van der Waals surface area contributed by atoms with Crippen LogP contribution in [0.3, 0.4) is 0 Å². The molecule has 2 heterocycles. The van der Waals surface area contributed by atoms with Crippen molar-refractivity contribution in [3.8, 4) is 0 Å². The van der Waals surface area contributed by atoms with E-state index in [-0.39, 0.29) is 17.6 Å². The highest BCUT2D eigenvalue weighted by Crippen LogP contribution is 2.24. The van der Waals surface area contributed by atoms with Crippen molar-refractivity contribution in [2.45, 2.75) is 32.4 Å². The molecule has 1 saturated heterocycles. The molecule has 1 fully saturated rings. The number of aromatic amines is 1. The van der Waals surface area contributed by atoms with Gasteiger partial charge in [-0.05, 0) is 31.9 Å². The standard InChI is InChI=1S/C15H19FN4O/c1-9-5-6-10(15(17)21)7-20(9)8-13-18-12-4-2-3-11(16)14(12)19-13/h2-4,9-10H,5-8H2,1H3,(H2,17,21)(H,18,19)/t9-,10+/m1/s1. The highest BCUT2D eigenvalue weighted by atomic mass is 19.1. The van der Waals surface area contributed by atoms with Crippen LogP contribution < -0.4 is 5.73 Å². The number of para-hydroxylation sites is 1. The molecule has 112 valence electrons. The molecule has 0 spiro atoms. The summed E-state index contributed by atoms with van der Waals surface area (Å²) >= 11 is 0. The summed E-state index contributed by atoms with van der Waals surface area (Å²) in [4.78, 5) is 21.0. The molecule has 1 aromatic heterocycles. The van der Waals surface area contributed by atoms with Crippen LogP contribution in [0.1, 0.15) is 25.6 Å². The van der Waals surface area contributed by atoms with Crippen LogP contribution >= 0.6 is 0 Å². The van der Waals surface area contributed by atoms with Gasteiger partial charge >= 0.3 is 0 Å². The van der Waals surface area contributed by atoms with Crippen molar-refractivity contribution in [2.75, 3.05) is 6.54 Å². The van der Waals surface area contributed by atoms with E-state index in [0.717, 1.165) is 12.8 Å². The summed E-state index contributed by atoms with van der Waals surface area (Å²) in [5, 5.41) is 0. The van der Waals surface area contributed by atoms with Crippen molar-refractivity contribution in [3.05, 3.63) is 29.8 Å². The number of primary amides is 1. The monoisotopic (exact) mass is 290 g/mol. The molecule has 2 atom stereocenters. The van der Waals surface area contributed by atoms with Gasteiger partial charge in [-0.1, -0.05) is 6.07 Å². The lowest BCUT2D eigenvalue weighted by molar-refractivity contribution is -0.124. The largest absolute Gasteiger partial charge is 0.369 e. The first-order valence-corrected chi connectivity index (χ1v) is 7.21. The number of nitrogens with zero attached hydrogens (tertiary/aromatic N) is 2. The minimum atomic E-state index is -0.322. The molecule has 0 bridgehead atoms. The summed E-state index contributed by atoms with van der Waals surface area (Å²) in [5.41, 5.74) is 6.47. The number of fused-ring (bicyclic) bond motifs is 1. The highest BCUT2D eigenvalue weighted by Gasteiger charge is 2.29. The first-order valence-electron chi connectivity index (χ1n) is 7.21. The second kappa shape index (κ2) is 5.44. The first-order chi connectivity index (χ1) is 10.0. The molecular formula is C15H19FN4O. The summed E-state index contributed by atoms with van der Waals surface area (Å²) in [6.45, 7) is 3.33. The average molecular weight is 290 g/mol. The van der Waals surface area contributed by atoms with Crippen LogP contribution in [0.5, 0.6) is 0 Å². The Kier molecular flexibility index (Phi) is 3.63. The lowest BCUT2D eigenvalue weighted by Gasteiger charge is -2.36. The van der Waals surface area contributed by atoms with Gasteiger partial charge in [0.05, 0.1) is 18.0 Å². The van der Waals surface area contributed by atoms with Crippen LogP contribution in [0.25, 0.3) is 11.0 Å². The van der Waals surface area contributed by atoms with Crippen molar-refractivity contribution in [2.24, 2.45) is 11.7 Å². The number of piperidine rings is 1. The zero-order valence-electron chi connectivity index (χ0n) is 12.0. The van der Waals surface area contributed by atoms with Crippen LogP contribution in [0, 0.1) is 11.7 Å². The summed E-state index contributed by atoms with van der Waals surface area (Å²) in [6, 6.07) is 5.23. The number of hydrogen-bond donors (Lipinski definition) is 2. The molecule has 0 aliphatic carbocycles. The van der Waals surface area contributed by atoms with Gasteiger partial charge in [0, 0.05) is 12.6 Å². The molecule has 21 heavy (non-hydrogen) atoms. The molecule has 0 saturated carbocycles. The van der Waals surface area contributed by atoms with E-state index < -0.39 is 0 Å². The fraction of sp³-hybridized carbons (Fsp3) is 0.467. The number of amides is 1. The summed E-state index contributed by atoms with van der Waals surface area (Å²) in [7, 11) is 0. The SMILES string of the molecule is C[C@@H]1CC[C@H](C(N)=O)CN1Cc1nc2c(F)cccc2[nH]1. The van der Waals surface area contributed by atoms with E-state index >= 15 is 0 Å². The highest BCUT2D eigenvalue weighted by molar-refractivity contribution is 5.77. The lowest BCUT2D eigenvalue weighted by atomic mass is 9.93. The molecule has 1 aliphatic rings. The van der Waals surface area contributed by atoms with E-state index in [2.05, 4.69) is 21.8 Å². The fourth-order valence-electron chi connectivity index (χ4n) is 2.95. The average Bonchev–Trinajstić information content (AvgIpc) is 2.85. The molecule has 0 unspecified atom stereocenters. The van der Waals surface area contributed by atoms with Gasteiger partial charge < -0.3 is 10.7 Å². The van der Waals surface area contributed by atoms with E-state index in [4.69, 9.17) is 5.73 Å². The van der Waals surface area contributed by atoms with Gasteiger partial charge in [-0.15, -0.1) is 0 Å². The van der Waals surface area contributed by atoms with Gasteiger partial charge in [0.15, 0.2) is 5.82 Å². The van der Waals surface area contributed by atoms with E-state index in [1.807, 2.05) is 0 Å². The number of likely N-dealkylation sites (tertiary alicyclic amines) is 1. The second-order valence-electron chi connectivity index (χ2n) is 5.77. The number of hydrogen-bond acceptors (Lipinski definition) is 3. The van der Waals surface area contributed by atoms with Gasteiger partial charge in [-0.2, -0.15) is 0 Å². The number of carbonyl (C=O) groups excluding carboxylic acids is 1. The summed E-state index contributed by atoms with van der Waals surface area (Å²) in [6.07, 6.45) is 1.77. The van der Waals surface area contributed by atoms with Crippen molar-refractivity contribution < 1.29 is 9.18 Å². The number of benzene rings is 1. The number of halogens is 1. The molecule has 1 amide bonds. The predicted octanol–water partition coefficient (Wildman–Crippen LogP) is 1.79. The van der Waals surface area contributed by atoms with E-state index in [1.165, 1.54) is 6.07 Å². The molecule has 0 radical (unpaired) electrons. The van der Waals surface area contributed by atoms with Crippen LogP contribution in [0.4, 0.5) is 4.39 Å². The van der Waals surface area contributed by atoms with Crippen LogP contribution in [-0.4, -0.2) is 33.4 Å². The topological polar surface area (TPSA) is 75.0 Å². The third-order valence-corrected chi connectivity index (χ3v) is 4.28. The number of H-pyrrole nitrogens is 1. The minimum absolute atomic E-state index is 0.109. The number of carbonyl (C=O) groups is 1. The Hall–Kier alpha value is -1.95. The quantitative estimate of drug-likeness (QED) is 0.905. The Labute approximate surface area is 122 Å². The molecule has 6 heteroatoms. The van der Waals surface area contributed by atoms with E-state index in [0.29, 0.717) is 36.0 Å². The number of rotatable bonds is 3. The maximum Gasteiger partial charge on any atom is 0.221 e. The van der Waals surface area contributed by atoms with Crippen molar-refractivity contribution in [3.63, 3.8) is 0 Å². The van der Waals surface area contributed by atoms with Crippen molar-refractivity contribution >= 4 is 16.9 Å². The van der Waals surface area contributed by atoms with Crippen LogP contribution in [0.15, 0.2) is 18.2 Å². The molecule has 5 nitrogen and oxygen atoms in total. The minimum Gasteiger partial charge on any atom is -0.369 e. The Balaban J connectivity index is 1.80. The zero-order chi connectivity index (χ0) is 15.0. The van der Waals surface area contributed by atoms with Gasteiger partial charge in [-0.25, -0.2) is 9.37 Å². The smallest absolute Gasteiger partial charge is 0.221 e.